The number of fused-ring (bicyclic) bond motifs is 2. The lowest BCUT2D eigenvalue weighted by Gasteiger charge is -2.14. The van der Waals surface area contributed by atoms with E-state index in [4.69, 9.17) is 4.74 Å². The second-order valence-corrected chi connectivity index (χ2v) is 5.25. The van der Waals surface area contributed by atoms with Gasteiger partial charge in [0.25, 0.3) is 0 Å². The monoisotopic (exact) mass is 283 g/mol. The summed E-state index contributed by atoms with van der Waals surface area (Å²) in [6.07, 6.45) is 0.796. The molecule has 1 aliphatic rings. The van der Waals surface area contributed by atoms with Gasteiger partial charge in [0.15, 0.2) is 0 Å². The Morgan fingerprint density at radius 2 is 1.95 bits per heavy atom. The van der Waals surface area contributed by atoms with Gasteiger partial charge in [-0.15, -0.1) is 0 Å². The molecule has 0 aliphatic carbocycles. The van der Waals surface area contributed by atoms with E-state index < -0.39 is 0 Å². The molecule has 4 heteroatoms. The van der Waals surface area contributed by atoms with E-state index in [9.17, 15) is 10.0 Å². The highest BCUT2D eigenvalue weighted by Crippen LogP contribution is 2.29. The zero-order chi connectivity index (χ0) is 14.8. The summed E-state index contributed by atoms with van der Waals surface area (Å²) in [7, 11) is 0. The minimum atomic E-state index is -0.369. The summed E-state index contributed by atoms with van der Waals surface area (Å²) >= 11 is 0. The Bertz CT molecular complexity index is 681. The van der Waals surface area contributed by atoms with Gasteiger partial charge < -0.3 is 4.74 Å². The molecule has 3 rings (SSSR count). The maximum atomic E-state index is 11.1. The lowest BCUT2D eigenvalue weighted by molar-refractivity contribution is -0.165. The average molecular weight is 283 g/mol. The number of nitrogens with zero attached hydrogens (tertiary/aromatic N) is 1. The smallest absolute Gasteiger partial charge is 0.243 e. The highest BCUT2D eigenvalue weighted by atomic mass is 16.5. The predicted octanol–water partition coefficient (Wildman–Crippen LogP) is 2.91. The van der Waals surface area contributed by atoms with Gasteiger partial charge in [0.05, 0.1) is 6.54 Å². The van der Waals surface area contributed by atoms with Gasteiger partial charge in [-0.2, -0.15) is 0 Å². The van der Waals surface area contributed by atoms with Crippen LogP contribution in [0.15, 0.2) is 42.5 Å². The SMILES string of the molecule is CC(=O)N(O)Cc1ccc2c(c1)Cc1ccccc1CO2. The molecule has 1 amide bonds. The number of hydrogen-bond donors (Lipinski definition) is 1. The fraction of sp³-hybridized carbons (Fsp3) is 0.235. The van der Waals surface area contributed by atoms with Crippen LogP contribution in [-0.4, -0.2) is 16.2 Å². The molecule has 0 unspecified atom stereocenters. The maximum absolute atomic E-state index is 11.1. The van der Waals surface area contributed by atoms with Crippen LogP contribution in [0.4, 0.5) is 0 Å². The Kier molecular flexibility index (Phi) is 3.62. The van der Waals surface area contributed by atoms with E-state index in [1.807, 2.05) is 30.3 Å². The minimum absolute atomic E-state index is 0.185. The van der Waals surface area contributed by atoms with Crippen LogP contribution in [0.25, 0.3) is 0 Å². The lowest BCUT2D eigenvalue weighted by Crippen LogP contribution is -2.23. The quantitative estimate of drug-likeness (QED) is 0.681. The first-order chi connectivity index (χ1) is 10.1. The zero-order valence-corrected chi connectivity index (χ0v) is 11.9. The van der Waals surface area contributed by atoms with Crippen LogP contribution in [0.2, 0.25) is 0 Å². The first kappa shape index (κ1) is 13.6. The molecule has 108 valence electrons. The van der Waals surface area contributed by atoms with Crippen molar-refractivity contribution >= 4 is 5.91 Å². The van der Waals surface area contributed by atoms with Gasteiger partial charge in [-0.25, -0.2) is 5.06 Å². The van der Waals surface area contributed by atoms with E-state index in [2.05, 4.69) is 12.1 Å². The van der Waals surface area contributed by atoms with Crippen molar-refractivity contribution in [2.45, 2.75) is 26.5 Å². The average Bonchev–Trinajstić information content (AvgIpc) is 2.65. The van der Waals surface area contributed by atoms with E-state index >= 15 is 0 Å². The van der Waals surface area contributed by atoms with Crippen molar-refractivity contribution in [2.24, 2.45) is 0 Å². The van der Waals surface area contributed by atoms with E-state index in [1.165, 1.54) is 18.1 Å². The van der Waals surface area contributed by atoms with Gasteiger partial charge in [-0.1, -0.05) is 30.3 Å². The highest BCUT2D eigenvalue weighted by molar-refractivity contribution is 5.71. The number of benzene rings is 2. The van der Waals surface area contributed by atoms with Gasteiger partial charge >= 0.3 is 0 Å². The van der Waals surface area contributed by atoms with Crippen molar-refractivity contribution in [3.63, 3.8) is 0 Å². The first-order valence-electron chi connectivity index (χ1n) is 6.92. The number of carbonyl (C=O) groups is 1. The van der Waals surface area contributed by atoms with Crippen LogP contribution >= 0.6 is 0 Å². The molecule has 0 atom stereocenters. The molecule has 1 N–H and O–H groups in total. The molecule has 0 saturated heterocycles. The van der Waals surface area contributed by atoms with E-state index in [0.29, 0.717) is 11.7 Å². The van der Waals surface area contributed by atoms with Crippen LogP contribution < -0.4 is 4.74 Å². The minimum Gasteiger partial charge on any atom is -0.489 e. The topological polar surface area (TPSA) is 49.8 Å². The van der Waals surface area contributed by atoms with E-state index in [-0.39, 0.29) is 12.5 Å². The molecule has 1 heterocycles. The third-order valence-corrected chi connectivity index (χ3v) is 3.70. The summed E-state index contributed by atoms with van der Waals surface area (Å²) in [4.78, 5) is 11.1. The van der Waals surface area contributed by atoms with Crippen LogP contribution in [0.3, 0.4) is 0 Å². The molecule has 0 fully saturated rings. The molecule has 0 spiro atoms. The Balaban J connectivity index is 1.89. The Morgan fingerprint density at radius 1 is 1.19 bits per heavy atom. The number of carbonyl (C=O) groups excluding carboxylic acids is 1. The molecule has 4 nitrogen and oxygen atoms in total. The summed E-state index contributed by atoms with van der Waals surface area (Å²) in [6.45, 7) is 2.09. The summed E-state index contributed by atoms with van der Waals surface area (Å²) in [5.41, 5.74) is 4.41. The van der Waals surface area contributed by atoms with Crippen molar-refractivity contribution < 1.29 is 14.7 Å². The van der Waals surface area contributed by atoms with Crippen LogP contribution in [0.1, 0.15) is 29.2 Å². The van der Waals surface area contributed by atoms with Crippen LogP contribution in [0.5, 0.6) is 5.75 Å². The molecular formula is C17H17NO3. The van der Waals surface area contributed by atoms with Gasteiger partial charge in [0.2, 0.25) is 5.91 Å². The van der Waals surface area contributed by atoms with Crippen molar-refractivity contribution in [2.75, 3.05) is 0 Å². The lowest BCUT2D eigenvalue weighted by atomic mass is 9.99. The van der Waals surface area contributed by atoms with Crippen molar-refractivity contribution in [3.8, 4) is 5.75 Å². The third kappa shape index (κ3) is 2.90. The van der Waals surface area contributed by atoms with Crippen LogP contribution in [-0.2, 0) is 24.4 Å². The number of amides is 1. The van der Waals surface area contributed by atoms with Crippen LogP contribution in [0, 0.1) is 0 Å². The van der Waals surface area contributed by atoms with Gasteiger partial charge in [-0.05, 0) is 34.4 Å². The summed E-state index contributed by atoms with van der Waals surface area (Å²) in [5.74, 6) is 0.494. The molecule has 2 aromatic carbocycles. The van der Waals surface area contributed by atoms with Crippen molar-refractivity contribution in [3.05, 3.63) is 64.7 Å². The van der Waals surface area contributed by atoms with E-state index in [0.717, 1.165) is 23.3 Å². The molecule has 0 bridgehead atoms. The number of hydroxylamine groups is 2. The number of ether oxygens (including phenoxy) is 1. The maximum Gasteiger partial charge on any atom is 0.243 e. The largest absolute Gasteiger partial charge is 0.489 e. The van der Waals surface area contributed by atoms with Gasteiger partial charge in [0, 0.05) is 13.3 Å². The molecule has 21 heavy (non-hydrogen) atoms. The number of rotatable bonds is 2. The number of hydrogen-bond acceptors (Lipinski definition) is 3. The normalized spacial score (nSPS) is 12.7. The Hall–Kier alpha value is -2.33. The molecule has 0 saturated carbocycles. The third-order valence-electron chi connectivity index (χ3n) is 3.70. The first-order valence-corrected chi connectivity index (χ1v) is 6.92. The van der Waals surface area contributed by atoms with Gasteiger partial charge in [-0.3, -0.25) is 10.0 Å². The summed E-state index contributed by atoms with van der Waals surface area (Å²) in [5, 5.41) is 10.3. The summed E-state index contributed by atoms with van der Waals surface area (Å²) in [6, 6.07) is 14.0. The second kappa shape index (κ2) is 5.58. The van der Waals surface area contributed by atoms with Gasteiger partial charge in [0.1, 0.15) is 12.4 Å². The van der Waals surface area contributed by atoms with Crippen molar-refractivity contribution in [1.82, 2.24) is 5.06 Å². The summed E-state index contributed by atoms with van der Waals surface area (Å²) < 4.78 is 5.84. The zero-order valence-electron chi connectivity index (χ0n) is 11.9. The molecule has 2 aromatic rings. The fourth-order valence-electron chi connectivity index (χ4n) is 2.53. The Morgan fingerprint density at radius 3 is 2.71 bits per heavy atom. The fourth-order valence-corrected chi connectivity index (χ4v) is 2.53. The molecule has 0 aromatic heterocycles. The standard InChI is InChI=1S/C17H17NO3/c1-12(19)18(20)10-13-6-7-17-16(8-13)9-14-4-2-3-5-15(14)11-21-17/h2-8,20H,9-11H2,1H3. The molecular weight excluding hydrogens is 266 g/mol. The molecule has 1 aliphatic heterocycles. The predicted molar refractivity (Wildman–Crippen MR) is 78.0 cm³/mol. The highest BCUT2D eigenvalue weighted by Gasteiger charge is 2.15. The second-order valence-electron chi connectivity index (χ2n) is 5.25. The Labute approximate surface area is 123 Å². The van der Waals surface area contributed by atoms with Crippen molar-refractivity contribution in [1.29, 1.82) is 0 Å². The van der Waals surface area contributed by atoms with E-state index in [1.54, 1.807) is 0 Å². The molecule has 0 radical (unpaired) electrons.